The molecule has 2 N–H and O–H groups in total. The number of ether oxygens (including phenoxy) is 3. The van der Waals surface area contributed by atoms with Crippen LogP contribution in [-0.2, 0) is 16.1 Å². The van der Waals surface area contributed by atoms with E-state index >= 15 is 4.39 Å². The Bertz CT molecular complexity index is 1960. The third-order valence-electron chi connectivity index (χ3n) is 9.31. The Hall–Kier alpha value is -5.01. The average molecular weight is 676 g/mol. The van der Waals surface area contributed by atoms with Crippen molar-refractivity contribution in [2.75, 3.05) is 42.6 Å². The number of anilines is 2. The highest BCUT2D eigenvalue weighted by molar-refractivity contribution is 5.95. The molecule has 2 aliphatic heterocycles. The van der Waals surface area contributed by atoms with Gasteiger partial charge >= 0.3 is 12.1 Å². The van der Waals surface area contributed by atoms with E-state index in [9.17, 15) is 29.0 Å². The van der Waals surface area contributed by atoms with Gasteiger partial charge in [-0.05, 0) is 55.5 Å². The first-order chi connectivity index (χ1) is 23.6. The predicted octanol–water partition coefficient (Wildman–Crippen LogP) is 4.70. The van der Waals surface area contributed by atoms with Crippen molar-refractivity contribution in [3.05, 3.63) is 99.8 Å². The molecule has 1 amide bonds. The Kier molecular flexibility index (Phi) is 8.72. The average Bonchev–Trinajstić information content (AvgIpc) is 3.88. The Morgan fingerprint density at radius 2 is 1.76 bits per heavy atom. The third-order valence-corrected chi connectivity index (χ3v) is 9.31. The third kappa shape index (κ3) is 6.68. The highest BCUT2D eigenvalue weighted by Gasteiger charge is 2.36. The zero-order valence-electron chi connectivity index (χ0n) is 26.5. The van der Waals surface area contributed by atoms with Crippen LogP contribution >= 0.6 is 0 Å². The fourth-order valence-corrected chi connectivity index (χ4v) is 6.32. The van der Waals surface area contributed by atoms with E-state index in [4.69, 9.17) is 14.2 Å². The normalized spacial score (nSPS) is 18.9. The first-order valence-electron chi connectivity index (χ1n) is 16.2. The Morgan fingerprint density at radius 3 is 2.43 bits per heavy atom. The van der Waals surface area contributed by atoms with Crippen molar-refractivity contribution in [3.8, 4) is 5.75 Å². The number of cyclic esters (lactones) is 1. The van der Waals surface area contributed by atoms with Crippen LogP contribution in [0.15, 0.2) is 71.7 Å². The van der Waals surface area contributed by atoms with Crippen LogP contribution in [0, 0.1) is 11.6 Å². The lowest BCUT2D eigenvalue weighted by molar-refractivity contribution is -0.0250. The van der Waals surface area contributed by atoms with Gasteiger partial charge in [-0.3, -0.25) is 9.69 Å². The maximum absolute atomic E-state index is 15.7. The lowest BCUT2D eigenvalue weighted by atomic mass is 9.92. The van der Waals surface area contributed by atoms with Crippen molar-refractivity contribution >= 4 is 34.3 Å². The molecule has 0 bridgehead atoms. The van der Waals surface area contributed by atoms with Gasteiger partial charge in [0.15, 0.2) is 11.6 Å². The minimum absolute atomic E-state index is 0.00462. The second kappa shape index (κ2) is 13.1. The van der Waals surface area contributed by atoms with Gasteiger partial charge in [-0.2, -0.15) is 0 Å². The van der Waals surface area contributed by atoms with Crippen LogP contribution in [0.25, 0.3) is 10.9 Å². The van der Waals surface area contributed by atoms with E-state index in [1.54, 1.807) is 11.0 Å². The number of hydrogen-bond donors (Lipinski definition) is 2. The molecular formula is C36H35F2N3O8. The van der Waals surface area contributed by atoms with Crippen molar-refractivity contribution in [2.24, 2.45) is 0 Å². The standard InChI is InChI=1S/C36H35F2N3O8/c37-28-15-26-30(40(23-6-7-23)18-27(33(26)43)34(44)47-20-22-4-2-1-3-5-22)16-31(28)39-12-10-36(46,11-13-39)21-48-32-9-8-24(14-29(32)38)41-17-25(19-42)49-35(41)45/h1-5,8-9,14-16,18,23,25,42,46H,6-7,10-13,17,19-21H2. The van der Waals surface area contributed by atoms with E-state index in [1.807, 2.05) is 34.9 Å². The van der Waals surface area contributed by atoms with Crippen LogP contribution in [0.4, 0.5) is 25.0 Å². The quantitative estimate of drug-likeness (QED) is 0.230. The fraction of sp³-hybridized carbons (Fsp3) is 0.361. The summed E-state index contributed by atoms with van der Waals surface area (Å²) in [5.74, 6) is -2.23. The zero-order chi connectivity index (χ0) is 34.3. The molecule has 1 aromatic heterocycles. The molecule has 256 valence electrons. The number of aromatic nitrogens is 1. The SMILES string of the molecule is O=C(OCc1ccccc1)c1cn(C2CC2)c2cc(N3CCC(O)(COc4ccc(N5CC(CO)OC5=O)cc4F)CC3)c(F)cc2c1=O. The molecule has 0 radical (unpaired) electrons. The second-order valence-corrected chi connectivity index (χ2v) is 12.8. The molecule has 3 heterocycles. The van der Waals surface area contributed by atoms with Crippen LogP contribution in [0.2, 0.25) is 0 Å². The zero-order valence-corrected chi connectivity index (χ0v) is 26.5. The topological polar surface area (TPSA) is 131 Å². The smallest absolute Gasteiger partial charge is 0.414 e. The second-order valence-electron chi connectivity index (χ2n) is 12.8. The van der Waals surface area contributed by atoms with Gasteiger partial charge in [-0.15, -0.1) is 0 Å². The van der Waals surface area contributed by atoms with Gasteiger partial charge in [0.1, 0.15) is 36.3 Å². The molecule has 4 aromatic rings. The number of esters is 1. The Labute approximate surface area is 279 Å². The van der Waals surface area contributed by atoms with E-state index < -0.39 is 40.8 Å². The van der Waals surface area contributed by atoms with Crippen LogP contribution in [0.1, 0.15) is 47.6 Å². The van der Waals surface area contributed by atoms with Gasteiger partial charge in [0.05, 0.1) is 30.0 Å². The van der Waals surface area contributed by atoms with Gasteiger partial charge in [-0.1, -0.05) is 30.3 Å². The van der Waals surface area contributed by atoms with Gasteiger partial charge in [0, 0.05) is 36.8 Å². The summed E-state index contributed by atoms with van der Waals surface area (Å²) >= 11 is 0. The number of hydrogen-bond acceptors (Lipinski definition) is 9. The lowest BCUT2D eigenvalue weighted by Gasteiger charge is -2.39. The van der Waals surface area contributed by atoms with E-state index in [2.05, 4.69) is 0 Å². The number of carbonyl (C=O) groups is 2. The molecule has 3 aromatic carbocycles. The van der Waals surface area contributed by atoms with E-state index in [0.29, 0.717) is 5.52 Å². The largest absolute Gasteiger partial charge is 0.488 e. The highest BCUT2D eigenvalue weighted by Crippen LogP contribution is 2.39. The van der Waals surface area contributed by atoms with E-state index in [-0.39, 0.29) is 86.4 Å². The van der Waals surface area contributed by atoms with Gasteiger partial charge < -0.3 is 33.9 Å². The summed E-state index contributed by atoms with van der Waals surface area (Å²) < 4.78 is 48.5. The summed E-state index contributed by atoms with van der Waals surface area (Å²) in [5.41, 5.74) is -0.244. The maximum Gasteiger partial charge on any atom is 0.414 e. The molecule has 49 heavy (non-hydrogen) atoms. The molecule has 1 unspecified atom stereocenters. The number of pyridine rings is 1. The molecular weight excluding hydrogens is 640 g/mol. The van der Waals surface area contributed by atoms with Crippen LogP contribution in [0.3, 0.4) is 0 Å². The number of halogens is 2. The molecule has 13 heteroatoms. The maximum atomic E-state index is 15.7. The first kappa shape index (κ1) is 32.5. The number of carbonyl (C=O) groups excluding carboxylic acids is 2. The summed E-state index contributed by atoms with van der Waals surface area (Å²) in [6, 6.07) is 16.0. The molecule has 1 saturated carbocycles. The summed E-state index contributed by atoms with van der Waals surface area (Å²) in [5, 5.41) is 20.6. The van der Waals surface area contributed by atoms with Crippen molar-refractivity contribution in [1.29, 1.82) is 0 Å². The molecule has 1 atom stereocenters. The van der Waals surface area contributed by atoms with E-state index in [1.165, 1.54) is 29.3 Å². The number of nitrogens with zero attached hydrogens (tertiary/aromatic N) is 3. The monoisotopic (exact) mass is 675 g/mol. The van der Waals surface area contributed by atoms with Gasteiger partial charge in [0.25, 0.3) is 0 Å². The molecule has 1 aliphatic carbocycles. The molecule has 3 fully saturated rings. The molecule has 7 rings (SSSR count). The van der Waals surface area contributed by atoms with Crippen molar-refractivity contribution in [3.63, 3.8) is 0 Å². The minimum Gasteiger partial charge on any atom is -0.488 e. The Morgan fingerprint density at radius 1 is 1.00 bits per heavy atom. The van der Waals surface area contributed by atoms with E-state index in [0.717, 1.165) is 24.5 Å². The molecule has 0 spiro atoms. The number of aliphatic hydroxyl groups excluding tert-OH is 1. The minimum atomic E-state index is -1.31. The van der Waals surface area contributed by atoms with Crippen molar-refractivity contribution < 1.29 is 42.8 Å². The first-order valence-corrected chi connectivity index (χ1v) is 16.2. The van der Waals surface area contributed by atoms with Crippen molar-refractivity contribution in [2.45, 2.75) is 50.0 Å². The molecule has 2 saturated heterocycles. The molecule has 3 aliphatic rings. The number of amides is 1. The summed E-state index contributed by atoms with van der Waals surface area (Å²) in [7, 11) is 0. The lowest BCUT2D eigenvalue weighted by Crippen LogP contribution is -2.48. The van der Waals surface area contributed by atoms with Crippen LogP contribution in [0.5, 0.6) is 5.75 Å². The van der Waals surface area contributed by atoms with Gasteiger partial charge in [0.2, 0.25) is 5.43 Å². The number of fused-ring (bicyclic) bond motifs is 1. The van der Waals surface area contributed by atoms with Crippen molar-refractivity contribution in [1.82, 2.24) is 4.57 Å². The number of benzene rings is 3. The Balaban J connectivity index is 1.03. The summed E-state index contributed by atoms with van der Waals surface area (Å²) in [6.45, 7) is 0.0810. The number of aliphatic hydroxyl groups is 2. The number of rotatable bonds is 10. The highest BCUT2D eigenvalue weighted by atomic mass is 19.1. The molecule has 11 nitrogen and oxygen atoms in total. The van der Waals surface area contributed by atoms with Gasteiger partial charge in [-0.25, -0.2) is 18.4 Å². The summed E-state index contributed by atoms with van der Waals surface area (Å²) in [6.07, 6.45) is 2.26. The fourth-order valence-electron chi connectivity index (χ4n) is 6.32. The summed E-state index contributed by atoms with van der Waals surface area (Å²) in [4.78, 5) is 41.5. The van der Waals surface area contributed by atoms with Crippen LogP contribution in [-0.4, -0.2) is 71.4 Å². The number of piperidine rings is 1. The predicted molar refractivity (Wildman–Crippen MR) is 175 cm³/mol. The van der Waals surface area contributed by atoms with Crippen LogP contribution < -0.4 is 20.0 Å².